The van der Waals surface area contributed by atoms with Crippen molar-refractivity contribution in [2.45, 2.75) is 57.2 Å². The highest BCUT2D eigenvalue weighted by Crippen LogP contribution is 2.38. The number of rotatable bonds is 4. The van der Waals surface area contributed by atoms with Gasteiger partial charge in [0.15, 0.2) is 6.23 Å². The van der Waals surface area contributed by atoms with E-state index in [1.165, 1.54) is 0 Å². The molecular formula is C24H28N4O2. The lowest BCUT2D eigenvalue weighted by Gasteiger charge is -2.24. The van der Waals surface area contributed by atoms with Crippen LogP contribution in [0.5, 0.6) is 0 Å². The first-order valence-corrected chi connectivity index (χ1v) is 11.0. The first kappa shape index (κ1) is 19.2. The van der Waals surface area contributed by atoms with Gasteiger partial charge in [-0.1, -0.05) is 37.3 Å². The molecule has 2 aliphatic rings. The second-order valence-electron chi connectivity index (χ2n) is 8.40. The summed E-state index contributed by atoms with van der Waals surface area (Å²) >= 11 is 0. The molecule has 3 aromatic rings. The number of likely N-dealkylation sites (N-methyl/N-ethyl adjacent to an activating group) is 1. The van der Waals surface area contributed by atoms with Gasteiger partial charge < -0.3 is 9.64 Å². The Balaban J connectivity index is 1.64. The monoisotopic (exact) mass is 404 g/mol. The van der Waals surface area contributed by atoms with Crippen LogP contribution in [0.1, 0.15) is 56.9 Å². The first-order chi connectivity index (χ1) is 14.7. The van der Waals surface area contributed by atoms with Crippen molar-refractivity contribution in [1.29, 1.82) is 0 Å². The molecule has 0 N–H and O–H groups in total. The quantitative estimate of drug-likeness (QED) is 0.641. The van der Waals surface area contributed by atoms with Crippen molar-refractivity contribution in [3.05, 3.63) is 48.3 Å². The molecule has 0 radical (unpaired) electrons. The van der Waals surface area contributed by atoms with Crippen LogP contribution in [0.2, 0.25) is 0 Å². The van der Waals surface area contributed by atoms with Crippen LogP contribution in [0.15, 0.2) is 42.6 Å². The van der Waals surface area contributed by atoms with E-state index in [-0.39, 0.29) is 24.1 Å². The maximum atomic E-state index is 12.4. The fraction of sp³-hybridized carbons (Fsp3) is 0.458. The largest absolute Gasteiger partial charge is 0.356 e. The predicted octanol–water partition coefficient (Wildman–Crippen LogP) is 4.52. The topological polar surface area (TPSA) is 60.2 Å². The van der Waals surface area contributed by atoms with E-state index in [9.17, 15) is 4.79 Å². The molecule has 3 atom stereocenters. The third-order valence-corrected chi connectivity index (χ3v) is 6.64. The molecule has 6 nitrogen and oxygen atoms in total. The Kier molecular flexibility index (Phi) is 5.03. The Morgan fingerprint density at radius 2 is 2.03 bits per heavy atom. The van der Waals surface area contributed by atoms with Crippen molar-refractivity contribution >= 4 is 16.8 Å². The molecule has 0 saturated carbocycles. The Labute approximate surface area is 176 Å². The molecule has 2 aromatic heterocycles. The highest BCUT2D eigenvalue weighted by atomic mass is 16.5. The number of likely N-dealkylation sites (tertiary alicyclic amines) is 1. The average Bonchev–Trinajstić information content (AvgIpc) is 3.32. The average molecular weight is 405 g/mol. The minimum Gasteiger partial charge on any atom is -0.356 e. The number of hydrogen-bond donors (Lipinski definition) is 0. The van der Waals surface area contributed by atoms with Gasteiger partial charge in [0.25, 0.3) is 0 Å². The summed E-state index contributed by atoms with van der Waals surface area (Å²) in [4.78, 5) is 19.1. The van der Waals surface area contributed by atoms with E-state index in [1.807, 2.05) is 41.0 Å². The molecule has 0 spiro atoms. The Morgan fingerprint density at radius 1 is 1.20 bits per heavy atom. The van der Waals surface area contributed by atoms with Gasteiger partial charge in [-0.15, -0.1) is 0 Å². The standard InChI is InChI=1S/C24H28N4O2/c1-3-20-17(14-22(29)27(20)2)19-13-18-21(15-25-19)28(23-11-7-8-12-30-23)26-24(18)16-9-5-4-6-10-16/h4-6,9-10,13,15,17,20,23H,3,7-8,11-12,14H2,1-2H3. The number of carbonyl (C=O) groups excluding carboxylic acids is 1. The van der Waals surface area contributed by atoms with Crippen LogP contribution in [-0.2, 0) is 9.53 Å². The predicted molar refractivity (Wildman–Crippen MR) is 116 cm³/mol. The summed E-state index contributed by atoms with van der Waals surface area (Å²) in [7, 11) is 1.91. The van der Waals surface area contributed by atoms with Gasteiger partial charge in [0.05, 0.1) is 11.7 Å². The van der Waals surface area contributed by atoms with Gasteiger partial charge in [-0.2, -0.15) is 5.10 Å². The minimum atomic E-state index is -0.0473. The number of fused-ring (bicyclic) bond motifs is 1. The molecule has 2 saturated heterocycles. The molecule has 1 amide bonds. The van der Waals surface area contributed by atoms with Gasteiger partial charge in [-0.05, 0) is 31.7 Å². The molecule has 156 valence electrons. The maximum absolute atomic E-state index is 12.4. The summed E-state index contributed by atoms with van der Waals surface area (Å²) in [6.07, 6.45) is 6.54. The molecule has 0 bridgehead atoms. The fourth-order valence-corrected chi connectivity index (χ4v) is 4.98. The highest BCUT2D eigenvalue weighted by Gasteiger charge is 2.38. The summed E-state index contributed by atoms with van der Waals surface area (Å²) in [5.41, 5.74) is 4.01. The van der Waals surface area contributed by atoms with E-state index in [0.717, 1.165) is 60.1 Å². The summed E-state index contributed by atoms with van der Waals surface area (Å²) in [5.74, 6) is 0.318. The SMILES string of the molecule is CCC1C(c2cc3c(-c4ccccc4)nn(C4CCCCO4)c3cn2)CC(=O)N1C. The summed E-state index contributed by atoms with van der Waals surface area (Å²) in [6.45, 7) is 2.91. The summed E-state index contributed by atoms with van der Waals surface area (Å²) in [5, 5.41) is 6.08. The fourth-order valence-electron chi connectivity index (χ4n) is 4.98. The second kappa shape index (κ2) is 7.84. The van der Waals surface area contributed by atoms with Crippen molar-refractivity contribution in [3.8, 4) is 11.3 Å². The van der Waals surface area contributed by atoms with Gasteiger partial charge in [0, 0.05) is 48.7 Å². The second-order valence-corrected chi connectivity index (χ2v) is 8.40. The van der Waals surface area contributed by atoms with E-state index in [1.54, 1.807) is 0 Å². The summed E-state index contributed by atoms with van der Waals surface area (Å²) in [6, 6.07) is 12.6. The van der Waals surface area contributed by atoms with Crippen LogP contribution in [0.3, 0.4) is 0 Å². The number of aromatic nitrogens is 3. The molecule has 2 aliphatic heterocycles. The van der Waals surface area contributed by atoms with Gasteiger partial charge in [0.2, 0.25) is 5.91 Å². The molecule has 5 rings (SSSR count). The third kappa shape index (κ3) is 3.19. The van der Waals surface area contributed by atoms with E-state index in [4.69, 9.17) is 14.8 Å². The molecular weight excluding hydrogens is 376 g/mol. The van der Waals surface area contributed by atoms with E-state index < -0.39 is 0 Å². The van der Waals surface area contributed by atoms with Crippen LogP contribution in [0, 0.1) is 0 Å². The molecule has 2 fully saturated rings. The molecule has 0 aliphatic carbocycles. The van der Waals surface area contributed by atoms with Crippen molar-refractivity contribution in [2.75, 3.05) is 13.7 Å². The van der Waals surface area contributed by atoms with Crippen LogP contribution in [0.25, 0.3) is 22.2 Å². The Morgan fingerprint density at radius 3 is 2.77 bits per heavy atom. The van der Waals surface area contributed by atoms with Crippen LogP contribution >= 0.6 is 0 Å². The van der Waals surface area contributed by atoms with Gasteiger partial charge >= 0.3 is 0 Å². The highest BCUT2D eigenvalue weighted by molar-refractivity contribution is 5.93. The first-order valence-electron chi connectivity index (χ1n) is 11.0. The smallest absolute Gasteiger partial charge is 0.223 e. The zero-order valence-electron chi connectivity index (χ0n) is 17.6. The maximum Gasteiger partial charge on any atom is 0.223 e. The Hall–Kier alpha value is -2.73. The van der Waals surface area contributed by atoms with Crippen LogP contribution in [-0.4, -0.2) is 45.3 Å². The number of nitrogens with zero attached hydrogens (tertiary/aromatic N) is 4. The number of hydrogen-bond acceptors (Lipinski definition) is 4. The third-order valence-electron chi connectivity index (χ3n) is 6.64. The molecule has 30 heavy (non-hydrogen) atoms. The van der Waals surface area contributed by atoms with Crippen LogP contribution in [0.4, 0.5) is 0 Å². The molecule has 3 unspecified atom stereocenters. The lowest BCUT2D eigenvalue weighted by Crippen LogP contribution is -2.30. The normalized spacial score (nSPS) is 24.7. The number of benzene rings is 1. The van der Waals surface area contributed by atoms with Crippen molar-refractivity contribution in [2.24, 2.45) is 0 Å². The molecule has 6 heteroatoms. The van der Waals surface area contributed by atoms with Gasteiger partial charge in [-0.25, -0.2) is 4.68 Å². The minimum absolute atomic E-state index is 0.0473. The number of pyridine rings is 1. The van der Waals surface area contributed by atoms with Crippen molar-refractivity contribution in [3.63, 3.8) is 0 Å². The lowest BCUT2D eigenvalue weighted by molar-refractivity contribution is -0.127. The van der Waals surface area contributed by atoms with Gasteiger partial charge in [-0.3, -0.25) is 9.78 Å². The molecule has 4 heterocycles. The van der Waals surface area contributed by atoms with E-state index >= 15 is 0 Å². The number of amides is 1. The number of carbonyl (C=O) groups is 1. The zero-order chi connectivity index (χ0) is 20.7. The van der Waals surface area contributed by atoms with Crippen LogP contribution < -0.4 is 0 Å². The van der Waals surface area contributed by atoms with Gasteiger partial charge in [0.1, 0.15) is 5.69 Å². The van der Waals surface area contributed by atoms with E-state index in [0.29, 0.717) is 6.42 Å². The van der Waals surface area contributed by atoms with Crippen molar-refractivity contribution in [1.82, 2.24) is 19.7 Å². The number of ether oxygens (including phenoxy) is 1. The zero-order valence-corrected chi connectivity index (χ0v) is 17.6. The van der Waals surface area contributed by atoms with E-state index in [2.05, 4.69) is 25.1 Å². The van der Waals surface area contributed by atoms with Crippen molar-refractivity contribution < 1.29 is 9.53 Å². The lowest BCUT2D eigenvalue weighted by atomic mass is 9.93. The summed E-state index contributed by atoms with van der Waals surface area (Å²) < 4.78 is 8.05. The Bertz CT molecular complexity index is 1060. The molecule has 1 aromatic carbocycles.